The maximum atomic E-state index is 10.5. The molecule has 0 spiro atoms. The minimum atomic E-state index is -2.64. The van der Waals surface area contributed by atoms with Crippen LogP contribution in [0.1, 0.15) is 133 Å². The Balaban J connectivity index is 2.50. The quantitative estimate of drug-likeness (QED) is 0.229. The van der Waals surface area contributed by atoms with Crippen molar-refractivity contribution in [3.63, 3.8) is 0 Å². The van der Waals surface area contributed by atoms with Crippen LogP contribution in [0, 0.1) is 20.8 Å². The summed E-state index contributed by atoms with van der Waals surface area (Å²) in [7, 11) is -2.64. The largest absolute Gasteiger partial charge is 0.426 e. The van der Waals surface area contributed by atoms with Crippen LogP contribution in [0.25, 0.3) is 22.3 Å². The second-order valence-electron chi connectivity index (χ2n) is 16.7. The third kappa shape index (κ3) is 5.82. The Bertz CT molecular complexity index is 1440. The summed E-state index contributed by atoms with van der Waals surface area (Å²) in [6.45, 7) is 33.8. The van der Waals surface area contributed by atoms with E-state index in [1.165, 1.54) is 61.2 Å². The predicted octanol–water partition coefficient (Wildman–Crippen LogP) is 10.6. The molecule has 0 heterocycles. The van der Waals surface area contributed by atoms with Gasteiger partial charge >= 0.3 is 8.60 Å². The summed E-state index contributed by atoms with van der Waals surface area (Å²) in [6.07, 6.45) is 0.832. The zero-order valence-corrected chi connectivity index (χ0v) is 29.7. The van der Waals surface area contributed by atoms with Gasteiger partial charge in [0.15, 0.2) is 0 Å². The lowest BCUT2D eigenvalue weighted by Gasteiger charge is -2.40. The van der Waals surface area contributed by atoms with Crippen molar-refractivity contribution < 1.29 is 14.3 Å². The highest BCUT2D eigenvalue weighted by molar-refractivity contribution is 7.39. The molecule has 3 aromatic rings. The SMILES string of the molecule is Cc1cc2c(c(C(C)(C)C)c1)-c1c(C)c(c(C(C)(C)C)c(OP(O)O)c1C(C)(C)C)-c1c(cc(C)cc1C(C)(C)C)C2. The van der Waals surface area contributed by atoms with Crippen LogP contribution in [-0.4, -0.2) is 9.79 Å². The third-order valence-electron chi connectivity index (χ3n) is 8.60. The summed E-state index contributed by atoms with van der Waals surface area (Å²) >= 11 is 0. The molecule has 0 aromatic heterocycles. The highest BCUT2D eigenvalue weighted by Crippen LogP contribution is 2.58. The first-order chi connectivity index (χ1) is 18.9. The van der Waals surface area contributed by atoms with Gasteiger partial charge in [-0.05, 0) is 98.9 Å². The van der Waals surface area contributed by atoms with E-state index < -0.39 is 8.60 Å². The minimum absolute atomic E-state index is 0.104. The van der Waals surface area contributed by atoms with Gasteiger partial charge < -0.3 is 14.3 Å². The Hall–Kier alpha value is -2.19. The van der Waals surface area contributed by atoms with Crippen LogP contribution in [0.4, 0.5) is 0 Å². The molecule has 0 amide bonds. The summed E-state index contributed by atoms with van der Waals surface area (Å²) in [6, 6.07) is 9.45. The number of aryl methyl sites for hydroxylation is 2. The van der Waals surface area contributed by atoms with E-state index in [4.69, 9.17) is 4.52 Å². The van der Waals surface area contributed by atoms with Crippen LogP contribution in [-0.2, 0) is 28.1 Å². The van der Waals surface area contributed by atoms with E-state index >= 15 is 0 Å². The van der Waals surface area contributed by atoms with Crippen molar-refractivity contribution in [1.82, 2.24) is 0 Å². The summed E-state index contributed by atoms with van der Waals surface area (Å²) < 4.78 is 6.24. The molecule has 0 saturated heterocycles. The van der Waals surface area contributed by atoms with Crippen molar-refractivity contribution in [2.45, 2.75) is 132 Å². The number of hydrogen-bond donors (Lipinski definition) is 2. The van der Waals surface area contributed by atoms with Gasteiger partial charge in [0.25, 0.3) is 0 Å². The lowest BCUT2D eigenvalue weighted by Crippen LogP contribution is -2.26. The fourth-order valence-corrected chi connectivity index (χ4v) is 7.41. The zero-order chi connectivity index (χ0) is 31.9. The van der Waals surface area contributed by atoms with Crippen LogP contribution in [0.5, 0.6) is 5.75 Å². The number of benzene rings is 3. The van der Waals surface area contributed by atoms with Gasteiger partial charge in [0.05, 0.1) is 0 Å². The molecule has 0 radical (unpaired) electrons. The smallest absolute Gasteiger partial charge is 0.391 e. The molecule has 2 N–H and O–H groups in total. The predicted molar refractivity (Wildman–Crippen MR) is 181 cm³/mol. The molecular weight excluding hydrogens is 535 g/mol. The molecule has 0 saturated carbocycles. The van der Waals surface area contributed by atoms with Gasteiger partial charge in [0, 0.05) is 11.1 Å². The van der Waals surface area contributed by atoms with Gasteiger partial charge in [0.2, 0.25) is 0 Å². The first kappa shape index (κ1) is 32.7. The normalized spacial score (nSPS) is 14.0. The molecule has 228 valence electrons. The Kier molecular flexibility index (Phi) is 8.15. The summed E-state index contributed by atoms with van der Waals surface area (Å²) in [5.74, 6) is 0.626. The van der Waals surface area contributed by atoms with E-state index in [1.54, 1.807) is 0 Å². The summed E-state index contributed by atoms with van der Waals surface area (Å²) in [5, 5.41) is 0. The maximum Gasteiger partial charge on any atom is 0.391 e. The number of rotatable bonds is 2. The van der Waals surface area contributed by atoms with Crippen molar-refractivity contribution in [1.29, 1.82) is 0 Å². The lowest BCUT2D eigenvalue weighted by molar-refractivity contribution is 0.364. The second-order valence-corrected chi connectivity index (χ2v) is 17.4. The second kappa shape index (κ2) is 10.5. The van der Waals surface area contributed by atoms with Gasteiger partial charge in [-0.15, -0.1) is 0 Å². The van der Waals surface area contributed by atoms with Crippen molar-refractivity contribution in [2.24, 2.45) is 0 Å². The van der Waals surface area contributed by atoms with Crippen LogP contribution in [0.15, 0.2) is 24.3 Å². The van der Waals surface area contributed by atoms with Crippen molar-refractivity contribution in [3.05, 3.63) is 74.3 Å². The fourth-order valence-electron chi connectivity index (χ4n) is 7.06. The monoisotopic (exact) mass is 588 g/mol. The molecule has 1 aliphatic rings. The molecule has 0 fully saturated rings. The third-order valence-corrected chi connectivity index (χ3v) is 8.95. The van der Waals surface area contributed by atoms with E-state index in [0.717, 1.165) is 17.5 Å². The number of fused-ring (bicyclic) bond motifs is 6. The van der Waals surface area contributed by atoms with Crippen LogP contribution in [0.3, 0.4) is 0 Å². The molecule has 42 heavy (non-hydrogen) atoms. The van der Waals surface area contributed by atoms with E-state index in [2.05, 4.69) is 128 Å². The van der Waals surface area contributed by atoms with Crippen LogP contribution < -0.4 is 4.52 Å². The van der Waals surface area contributed by atoms with Gasteiger partial charge in [-0.3, -0.25) is 0 Å². The van der Waals surface area contributed by atoms with Crippen molar-refractivity contribution in [2.75, 3.05) is 0 Å². The van der Waals surface area contributed by atoms with E-state index in [-0.39, 0.29) is 21.7 Å². The van der Waals surface area contributed by atoms with Gasteiger partial charge in [-0.25, -0.2) is 0 Å². The van der Waals surface area contributed by atoms with Crippen molar-refractivity contribution in [3.8, 4) is 28.0 Å². The molecule has 0 unspecified atom stereocenters. The molecular formula is C38H53O3P. The topological polar surface area (TPSA) is 49.7 Å². The minimum Gasteiger partial charge on any atom is -0.426 e. The Morgan fingerprint density at radius 1 is 0.548 bits per heavy atom. The van der Waals surface area contributed by atoms with Gasteiger partial charge in [-0.2, -0.15) is 0 Å². The Morgan fingerprint density at radius 3 is 1.19 bits per heavy atom. The fraction of sp³-hybridized carbons (Fsp3) is 0.526. The van der Waals surface area contributed by atoms with Crippen molar-refractivity contribution >= 4 is 8.60 Å². The van der Waals surface area contributed by atoms with E-state index in [0.29, 0.717) is 5.75 Å². The Morgan fingerprint density at radius 2 is 0.905 bits per heavy atom. The standard InChI is InChI=1S/C38H53O3P/c1-21-16-24-20-25-17-22(2)19-27(36(7,8)9)31(25)29-23(3)28(30(24)26(18-21)35(4,5)6)32(37(10,11)12)34(41-42(39)40)33(29)38(13,14)15/h16-19,39-40H,20H2,1-15H3. The highest BCUT2D eigenvalue weighted by atomic mass is 31.2. The first-order valence-electron chi connectivity index (χ1n) is 15.3. The molecule has 0 aliphatic heterocycles. The molecule has 4 heteroatoms. The zero-order valence-electron chi connectivity index (χ0n) is 28.8. The van der Waals surface area contributed by atoms with Gasteiger partial charge in [0.1, 0.15) is 5.75 Å². The highest BCUT2D eigenvalue weighted by Gasteiger charge is 2.40. The van der Waals surface area contributed by atoms with E-state index in [1.807, 2.05) is 0 Å². The van der Waals surface area contributed by atoms with Gasteiger partial charge in [-0.1, -0.05) is 118 Å². The number of hydrogen-bond acceptors (Lipinski definition) is 3. The average Bonchev–Trinajstić information content (AvgIpc) is 2.76. The average molecular weight is 589 g/mol. The van der Waals surface area contributed by atoms with Crippen LogP contribution in [0.2, 0.25) is 0 Å². The maximum absolute atomic E-state index is 10.5. The lowest BCUT2D eigenvalue weighted by atomic mass is 9.65. The Labute approximate surface area is 256 Å². The molecule has 3 nitrogen and oxygen atoms in total. The van der Waals surface area contributed by atoms with Crippen LogP contribution >= 0.6 is 8.60 Å². The van der Waals surface area contributed by atoms with E-state index in [9.17, 15) is 9.79 Å². The molecule has 0 atom stereocenters. The molecule has 3 aromatic carbocycles. The first-order valence-corrected chi connectivity index (χ1v) is 16.5. The summed E-state index contributed by atoms with van der Waals surface area (Å²) in [5.41, 5.74) is 15.1. The molecule has 4 rings (SSSR count). The summed E-state index contributed by atoms with van der Waals surface area (Å²) in [4.78, 5) is 21.0. The molecule has 2 bridgehead atoms. The molecule has 1 aliphatic carbocycles.